The van der Waals surface area contributed by atoms with Gasteiger partial charge in [-0.2, -0.15) is 4.37 Å². The Morgan fingerprint density at radius 1 is 1.11 bits per heavy atom. The van der Waals surface area contributed by atoms with Crippen LogP contribution in [-0.2, 0) is 11.3 Å². The quantitative estimate of drug-likeness (QED) is 0.380. The highest BCUT2D eigenvalue weighted by molar-refractivity contribution is 7.10. The number of carbonyl (C=O) groups is 3. The van der Waals surface area contributed by atoms with E-state index in [1.807, 2.05) is 0 Å². The summed E-state index contributed by atoms with van der Waals surface area (Å²) in [5.41, 5.74) is 1.69. The Morgan fingerprint density at radius 3 is 2.54 bits per heavy atom. The Kier molecular flexibility index (Phi) is 7.37. The lowest BCUT2D eigenvalue weighted by atomic mass is 10.2. The number of likely N-dealkylation sites (N-methyl/N-ethyl adjacent to an activating group) is 1. The largest absolute Gasteiger partial charge is 0.494 e. The van der Waals surface area contributed by atoms with Crippen LogP contribution >= 0.6 is 11.5 Å². The van der Waals surface area contributed by atoms with E-state index in [0.29, 0.717) is 31.7 Å². The van der Waals surface area contributed by atoms with Gasteiger partial charge in [-0.1, -0.05) is 12.1 Å². The first-order valence-electron chi connectivity index (χ1n) is 11.1. The molecule has 4 rings (SSSR count). The zero-order valence-corrected chi connectivity index (χ0v) is 20.6. The van der Waals surface area contributed by atoms with E-state index >= 15 is 0 Å². The molecule has 3 heterocycles. The predicted octanol–water partition coefficient (Wildman–Crippen LogP) is 2.46. The van der Waals surface area contributed by atoms with Crippen LogP contribution in [0.1, 0.15) is 32.1 Å². The van der Waals surface area contributed by atoms with Gasteiger partial charge in [0.2, 0.25) is 0 Å². The molecule has 2 aromatic heterocycles. The number of ether oxygens (including phenoxy) is 1. The smallest absolute Gasteiger partial charge is 0.295 e. The number of hydrogen-bond acceptors (Lipinski definition) is 8. The molecule has 184 valence electrons. The monoisotopic (exact) mass is 499 g/mol. The molecule has 1 aliphatic heterocycles. The molecule has 9 nitrogen and oxygen atoms in total. The molecule has 0 saturated carbocycles. The Bertz CT molecular complexity index is 1260. The third-order valence-electron chi connectivity index (χ3n) is 5.84. The van der Waals surface area contributed by atoms with Gasteiger partial charge in [0, 0.05) is 52.9 Å². The third-order valence-corrected chi connectivity index (χ3v) is 6.69. The normalized spacial score (nSPS) is 14.6. The SMILES string of the molecule is COc1cc2nsc(C(=O)C(=O)N(C)C)c2nc1C(=O)N1CCCN(Cc2ccc(F)cc2)CC1. The highest BCUT2D eigenvalue weighted by Gasteiger charge is 2.29. The van der Waals surface area contributed by atoms with Crippen LogP contribution in [-0.4, -0.2) is 89.0 Å². The number of carbonyl (C=O) groups excluding carboxylic acids is 3. The Labute approximate surface area is 206 Å². The summed E-state index contributed by atoms with van der Waals surface area (Å²) in [7, 11) is 4.43. The van der Waals surface area contributed by atoms with Crippen molar-refractivity contribution < 1.29 is 23.5 Å². The zero-order chi connectivity index (χ0) is 25.1. The fraction of sp³-hybridized carbons (Fsp3) is 0.375. The number of rotatable bonds is 6. The number of pyridine rings is 1. The van der Waals surface area contributed by atoms with Gasteiger partial charge in [-0.05, 0) is 35.6 Å². The molecule has 0 bridgehead atoms. The number of amides is 2. The fourth-order valence-electron chi connectivity index (χ4n) is 3.95. The summed E-state index contributed by atoms with van der Waals surface area (Å²) in [6.45, 7) is 3.13. The summed E-state index contributed by atoms with van der Waals surface area (Å²) in [6.07, 6.45) is 0.762. The molecular formula is C24H26FN5O4S. The fourth-order valence-corrected chi connectivity index (χ4v) is 4.68. The van der Waals surface area contributed by atoms with Crippen LogP contribution in [0.5, 0.6) is 5.75 Å². The van der Waals surface area contributed by atoms with E-state index in [9.17, 15) is 18.8 Å². The lowest BCUT2D eigenvalue weighted by molar-refractivity contribution is -0.124. The lowest BCUT2D eigenvalue weighted by Crippen LogP contribution is -2.35. The van der Waals surface area contributed by atoms with Crippen LogP contribution < -0.4 is 4.74 Å². The molecule has 11 heteroatoms. The number of nitrogens with zero attached hydrogens (tertiary/aromatic N) is 5. The van der Waals surface area contributed by atoms with Crippen molar-refractivity contribution in [2.75, 3.05) is 47.4 Å². The van der Waals surface area contributed by atoms with Crippen molar-refractivity contribution in [3.63, 3.8) is 0 Å². The number of hydrogen-bond donors (Lipinski definition) is 0. The maximum atomic E-state index is 13.5. The second kappa shape index (κ2) is 10.4. The molecular weight excluding hydrogens is 473 g/mol. The van der Waals surface area contributed by atoms with E-state index < -0.39 is 11.7 Å². The standard InChI is InChI=1S/C24H26FN5O4S/c1-28(2)24(33)21(31)22-19-17(27-35-22)13-18(34-3)20(26-19)23(32)30-10-4-9-29(11-12-30)14-15-5-7-16(25)8-6-15/h5-8,13H,4,9-12,14H2,1-3H3. The van der Waals surface area contributed by atoms with Crippen LogP contribution in [0.3, 0.4) is 0 Å². The van der Waals surface area contributed by atoms with Gasteiger partial charge in [-0.3, -0.25) is 19.3 Å². The van der Waals surface area contributed by atoms with Crippen molar-refractivity contribution in [3.05, 3.63) is 52.3 Å². The Morgan fingerprint density at radius 2 is 1.86 bits per heavy atom. The molecule has 3 aromatic rings. The molecule has 0 unspecified atom stereocenters. The van der Waals surface area contributed by atoms with Gasteiger partial charge >= 0.3 is 0 Å². The molecule has 0 aliphatic carbocycles. The average Bonchev–Trinajstić information content (AvgIpc) is 3.13. The maximum absolute atomic E-state index is 13.5. The van der Waals surface area contributed by atoms with Crippen molar-refractivity contribution in [2.24, 2.45) is 0 Å². The minimum atomic E-state index is -0.718. The number of aromatic nitrogens is 2. The van der Waals surface area contributed by atoms with Crippen LogP contribution in [0, 0.1) is 5.82 Å². The number of benzene rings is 1. The van der Waals surface area contributed by atoms with E-state index in [1.54, 1.807) is 23.1 Å². The van der Waals surface area contributed by atoms with E-state index in [1.165, 1.54) is 38.2 Å². The number of halogens is 1. The van der Waals surface area contributed by atoms with Gasteiger partial charge in [0.15, 0.2) is 11.4 Å². The highest BCUT2D eigenvalue weighted by atomic mass is 32.1. The van der Waals surface area contributed by atoms with Crippen molar-refractivity contribution in [1.82, 2.24) is 24.1 Å². The minimum absolute atomic E-state index is 0.0820. The van der Waals surface area contributed by atoms with E-state index in [-0.39, 0.29) is 33.6 Å². The number of methoxy groups -OCH3 is 1. The van der Waals surface area contributed by atoms with Crippen molar-refractivity contribution >= 4 is 40.2 Å². The average molecular weight is 500 g/mol. The molecule has 0 N–H and O–H groups in total. The first-order chi connectivity index (χ1) is 16.8. The van der Waals surface area contributed by atoms with Gasteiger partial charge in [0.25, 0.3) is 17.6 Å². The molecule has 1 aromatic carbocycles. The molecule has 0 spiro atoms. The first kappa shape index (κ1) is 24.7. The summed E-state index contributed by atoms with van der Waals surface area (Å²) in [5, 5.41) is 0. The predicted molar refractivity (Wildman–Crippen MR) is 129 cm³/mol. The molecule has 1 saturated heterocycles. The molecule has 1 fully saturated rings. The van der Waals surface area contributed by atoms with Crippen molar-refractivity contribution in [3.8, 4) is 5.75 Å². The van der Waals surface area contributed by atoms with Crippen molar-refractivity contribution in [2.45, 2.75) is 13.0 Å². The molecule has 35 heavy (non-hydrogen) atoms. The Hall–Kier alpha value is -3.44. The third kappa shape index (κ3) is 5.30. The molecule has 1 aliphatic rings. The molecule has 2 amide bonds. The minimum Gasteiger partial charge on any atom is -0.494 e. The van der Waals surface area contributed by atoms with Gasteiger partial charge < -0.3 is 14.5 Å². The van der Waals surface area contributed by atoms with Crippen molar-refractivity contribution in [1.29, 1.82) is 0 Å². The van der Waals surface area contributed by atoms with E-state index in [0.717, 1.165) is 30.1 Å². The van der Waals surface area contributed by atoms with E-state index in [2.05, 4.69) is 14.3 Å². The zero-order valence-electron chi connectivity index (χ0n) is 19.8. The number of ketones is 1. The lowest BCUT2D eigenvalue weighted by Gasteiger charge is -2.22. The summed E-state index contributed by atoms with van der Waals surface area (Å²) in [4.78, 5) is 48.0. The van der Waals surface area contributed by atoms with Gasteiger partial charge in [-0.25, -0.2) is 9.37 Å². The van der Waals surface area contributed by atoms with Crippen LogP contribution in [0.4, 0.5) is 4.39 Å². The summed E-state index contributed by atoms with van der Waals surface area (Å²) < 4.78 is 22.8. The first-order valence-corrected chi connectivity index (χ1v) is 11.9. The summed E-state index contributed by atoms with van der Waals surface area (Å²) >= 11 is 0.877. The summed E-state index contributed by atoms with van der Waals surface area (Å²) in [5.74, 6) is -1.72. The second-order valence-electron chi connectivity index (χ2n) is 8.50. The second-order valence-corrected chi connectivity index (χ2v) is 9.27. The molecule has 0 atom stereocenters. The maximum Gasteiger partial charge on any atom is 0.295 e. The van der Waals surface area contributed by atoms with Gasteiger partial charge in [0.05, 0.1) is 7.11 Å². The number of fused-ring (bicyclic) bond motifs is 1. The Balaban J connectivity index is 1.55. The van der Waals surface area contributed by atoms with Crippen LogP contribution in [0.2, 0.25) is 0 Å². The van der Waals surface area contributed by atoms with Crippen LogP contribution in [0.15, 0.2) is 30.3 Å². The highest BCUT2D eigenvalue weighted by Crippen LogP contribution is 2.29. The number of Topliss-reactive ketones (excluding diaryl/α,β-unsaturated/α-hetero) is 1. The van der Waals surface area contributed by atoms with Gasteiger partial charge in [0.1, 0.15) is 21.7 Å². The molecule has 0 radical (unpaired) electrons. The van der Waals surface area contributed by atoms with Crippen LogP contribution in [0.25, 0.3) is 11.0 Å². The van der Waals surface area contributed by atoms with Gasteiger partial charge in [-0.15, -0.1) is 0 Å². The van der Waals surface area contributed by atoms with E-state index in [4.69, 9.17) is 4.74 Å². The topological polar surface area (TPSA) is 95.9 Å². The summed E-state index contributed by atoms with van der Waals surface area (Å²) in [6, 6.07) is 7.99.